The molecule has 0 spiro atoms. The van der Waals surface area contributed by atoms with Crippen LogP contribution in [0.2, 0.25) is 0 Å². The third-order valence-electron chi connectivity index (χ3n) is 5.17. The van der Waals surface area contributed by atoms with Gasteiger partial charge in [-0.1, -0.05) is 18.2 Å². The van der Waals surface area contributed by atoms with E-state index in [-0.39, 0.29) is 12.2 Å². The van der Waals surface area contributed by atoms with Crippen LogP contribution in [0.1, 0.15) is 31.2 Å². The fourth-order valence-electron chi connectivity index (χ4n) is 3.53. The van der Waals surface area contributed by atoms with Gasteiger partial charge in [-0.15, -0.1) is 0 Å². The molecule has 0 radical (unpaired) electrons. The number of hydrogen-bond acceptors (Lipinski definition) is 5. The third kappa shape index (κ3) is 5.63. The van der Waals surface area contributed by atoms with E-state index in [1.807, 2.05) is 30.3 Å². The Morgan fingerprint density at radius 3 is 2.14 bits per heavy atom. The molecule has 150 valence electrons. The van der Waals surface area contributed by atoms with Gasteiger partial charge in [0.05, 0.1) is 12.2 Å². The van der Waals surface area contributed by atoms with Gasteiger partial charge >= 0.3 is 0 Å². The molecule has 2 fully saturated rings. The standard InChI is InChI=1S/C23H29NO4/c1-4-19(14-21(5-1)28-17-23-7-3-13-26-23)24-15-18-8-10-20(11-9-18)27-16-22-6-2-12-25-22/h1,4-5,8-11,14,22-24H,2-3,6-7,12-13,15-17H2/t22-,23-/m1/s1. The highest BCUT2D eigenvalue weighted by atomic mass is 16.5. The van der Waals surface area contributed by atoms with Crippen molar-refractivity contribution in [2.75, 3.05) is 31.7 Å². The summed E-state index contributed by atoms with van der Waals surface area (Å²) in [7, 11) is 0. The lowest BCUT2D eigenvalue weighted by Crippen LogP contribution is -2.16. The lowest BCUT2D eigenvalue weighted by molar-refractivity contribution is 0.0679. The molecular weight excluding hydrogens is 354 g/mol. The van der Waals surface area contributed by atoms with Crippen molar-refractivity contribution < 1.29 is 18.9 Å². The zero-order valence-corrected chi connectivity index (χ0v) is 16.3. The van der Waals surface area contributed by atoms with Crippen molar-refractivity contribution in [3.05, 3.63) is 54.1 Å². The van der Waals surface area contributed by atoms with Crippen LogP contribution in [-0.2, 0) is 16.0 Å². The van der Waals surface area contributed by atoms with E-state index in [4.69, 9.17) is 18.9 Å². The first kappa shape index (κ1) is 19.1. The Morgan fingerprint density at radius 1 is 0.821 bits per heavy atom. The summed E-state index contributed by atoms with van der Waals surface area (Å²) in [5, 5.41) is 3.45. The normalized spacial score (nSPS) is 21.6. The first-order valence-corrected chi connectivity index (χ1v) is 10.3. The van der Waals surface area contributed by atoms with Crippen molar-refractivity contribution in [3.8, 4) is 11.5 Å². The molecule has 1 N–H and O–H groups in total. The van der Waals surface area contributed by atoms with Crippen molar-refractivity contribution >= 4 is 5.69 Å². The molecule has 0 aliphatic carbocycles. The summed E-state index contributed by atoms with van der Waals surface area (Å²) in [4.78, 5) is 0. The number of ether oxygens (including phenoxy) is 4. The molecule has 2 saturated heterocycles. The molecule has 2 aromatic carbocycles. The molecular formula is C23H29NO4. The number of rotatable bonds is 9. The van der Waals surface area contributed by atoms with E-state index < -0.39 is 0 Å². The van der Waals surface area contributed by atoms with Crippen molar-refractivity contribution in [2.45, 2.75) is 44.4 Å². The molecule has 0 unspecified atom stereocenters. The number of hydrogen-bond donors (Lipinski definition) is 1. The van der Waals surface area contributed by atoms with Crippen LogP contribution < -0.4 is 14.8 Å². The van der Waals surface area contributed by atoms with Crippen molar-refractivity contribution in [1.82, 2.24) is 0 Å². The summed E-state index contributed by atoms with van der Waals surface area (Å²) in [5.74, 6) is 1.77. The highest BCUT2D eigenvalue weighted by molar-refractivity contribution is 5.48. The Hall–Kier alpha value is -2.24. The van der Waals surface area contributed by atoms with Crippen LogP contribution in [0.3, 0.4) is 0 Å². The molecule has 28 heavy (non-hydrogen) atoms. The van der Waals surface area contributed by atoms with Crippen LogP contribution in [0.25, 0.3) is 0 Å². The van der Waals surface area contributed by atoms with Gasteiger partial charge in [0, 0.05) is 31.5 Å². The molecule has 2 atom stereocenters. The summed E-state index contributed by atoms with van der Waals surface area (Å²) >= 11 is 0. The molecule has 0 amide bonds. The Labute approximate surface area is 166 Å². The van der Waals surface area contributed by atoms with Gasteiger partial charge in [0.1, 0.15) is 24.7 Å². The molecule has 5 heteroatoms. The SMILES string of the molecule is c1cc(NCc2ccc(OC[C@H]3CCCO3)cc2)cc(OC[C@H]2CCCO2)c1. The second-order valence-corrected chi connectivity index (χ2v) is 7.42. The van der Waals surface area contributed by atoms with E-state index in [0.29, 0.717) is 13.2 Å². The second kappa shape index (κ2) is 9.80. The van der Waals surface area contributed by atoms with E-state index in [9.17, 15) is 0 Å². The van der Waals surface area contributed by atoms with E-state index >= 15 is 0 Å². The zero-order chi connectivity index (χ0) is 19.0. The lowest BCUT2D eigenvalue weighted by Gasteiger charge is -2.13. The Bertz CT molecular complexity index is 722. The van der Waals surface area contributed by atoms with Gasteiger partial charge in [-0.25, -0.2) is 0 Å². The van der Waals surface area contributed by atoms with Gasteiger partial charge in [-0.3, -0.25) is 0 Å². The average Bonchev–Trinajstić information content (AvgIpc) is 3.44. The van der Waals surface area contributed by atoms with Gasteiger partial charge in [0.25, 0.3) is 0 Å². The van der Waals surface area contributed by atoms with Gasteiger partial charge in [0.2, 0.25) is 0 Å². The summed E-state index contributed by atoms with van der Waals surface area (Å²) in [5.41, 5.74) is 2.25. The van der Waals surface area contributed by atoms with Crippen molar-refractivity contribution in [3.63, 3.8) is 0 Å². The maximum absolute atomic E-state index is 5.88. The summed E-state index contributed by atoms with van der Waals surface area (Å²) in [6.45, 7) is 3.72. The predicted octanol–water partition coefficient (Wildman–Crippen LogP) is 4.41. The highest BCUT2D eigenvalue weighted by Crippen LogP contribution is 2.21. The number of benzene rings is 2. The molecule has 4 rings (SSSR count). The van der Waals surface area contributed by atoms with Crippen molar-refractivity contribution in [1.29, 1.82) is 0 Å². The average molecular weight is 383 g/mol. The minimum Gasteiger partial charge on any atom is -0.491 e. The van der Waals surface area contributed by atoms with Gasteiger partial charge in [-0.2, -0.15) is 0 Å². The molecule has 0 aromatic heterocycles. The fraction of sp³-hybridized carbons (Fsp3) is 0.478. The van der Waals surface area contributed by atoms with Gasteiger partial charge in [-0.05, 0) is 55.5 Å². The Kier molecular flexibility index (Phi) is 6.68. The van der Waals surface area contributed by atoms with Crippen LogP contribution in [0.4, 0.5) is 5.69 Å². The monoisotopic (exact) mass is 383 g/mol. The molecule has 2 heterocycles. The van der Waals surface area contributed by atoms with E-state index in [1.165, 1.54) is 5.56 Å². The summed E-state index contributed by atoms with van der Waals surface area (Å²) in [6.07, 6.45) is 4.94. The minimum absolute atomic E-state index is 0.234. The number of anilines is 1. The molecule has 2 aliphatic heterocycles. The fourth-order valence-corrected chi connectivity index (χ4v) is 3.53. The van der Waals surface area contributed by atoms with Crippen LogP contribution in [0, 0.1) is 0 Å². The topological polar surface area (TPSA) is 49.0 Å². The smallest absolute Gasteiger partial charge is 0.121 e. The first-order chi connectivity index (χ1) is 13.8. The van der Waals surface area contributed by atoms with Crippen LogP contribution in [-0.4, -0.2) is 38.6 Å². The third-order valence-corrected chi connectivity index (χ3v) is 5.17. The summed E-state index contributed by atoms with van der Waals surface area (Å²) < 4.78 is 22.9. The minimum atomic E-state index is 0.234. The molecule has 2 aromatic rings. The number of nitrogens with one attached hydrogen (secondary N) is 1. The highest BCUT2D eigenvalue weighted by Gasteiger charge is 2.16. The van der Waals surface area contributed by atoms with Crippen LogP contribution in [0.15, 0.2) is 48.5 Å². The van der Waals surface area contributed by atoms with E-state index in [2.05, 4.69) is 23.5 Å². The lowest BCUT2D eigenvalue weighted by atomic mass is 10.2. The van der Waals surface area contributed by atoms with Crippen molar-refractivity contribution in [2.24, 2.45) is 0 Å². The van der Waals surface area contributed by atoms with Crippen LogP contribution >= 0.6 is 0 Å². The maximum Gasteiger partial charge on any atom is 0.121 e. The Morgan fingerprint density at radius 2 is 1.50 bits per heavy atom. The summed E-state index contributed by atoms with van der Waals surface area (Å²) in [6, 6.07) is 16.3. The predicted molar refractivity (Wildman–Crippen MR) is 109 cm³/mol. The molecule has 5 nitrogen and oxygen atoms in total. The maximum atomic E-state index is 5.88. The first-order valence-electron chi connectivity index (χ1n) is 10.3. The quantitative estimate of drug-likeness (QED) is 0.695. The Balaban J connectivity index is 1.22. The van der Waals surface area contributed by atoms with E-state index in [1.54, 1.807) is 0 Å². The largest absolute Gasteiger partial charge is 0.491 e. The van der Waals surface area contributed by atoms with E-state index in [0.717, 1.165) is 62.6 Å². The second-order valence-electron chi connectivity index (χ2n) is 7.42. The molecule has 2 aliphatic rings. The zero-order valence-electron chi connectivity index (χ0n) is 16.3. The van der Waals surface area contributed by atoms with Crippen LogP contribution in [0.5, 0.6) is 11.5 Å². The van der Waals surface area contributed by atoms with Gasteiger partial charge < -0.3 is 24.3 Å². The molecule has 0 saturated carbocycles. The molecule has 0 bridgehead atoms. The van der Waals surface area contributed by atoms with Gasteiger partial charge in [0.15, 0.2) is 0 Å².